The molecule has 0 spiro atoms. The molecule has 21 heavy (non-hydrogen) atoms. The molecule has 1 aromatic carbocycles. The smallest absolute Gasteiger partial charge is 0.339 e. The number of rotatable bonds is 3. The molecule has 3 rings (SSSR count). The lowest BCUT2D eigenvalue weighted by Gasteiger charge is -2.16. The first-order valence-electron chi connectivity index (χ1n) is 7.08. The van der Waals surface area contributed by atoms with Crippen molar-refractivity contribution in [3.8, 4) is 5.69 Å². The minimum atomic E-state index is -0.962. The number of benzene rings is 1. The van der Waals surface area contributed by atoms with Gasteiger partial charge in [-0.25, -0.2) is 9.48 Å². The van der Waals surface area contributed by atoms with E-state index >= 15 is 0 Å². The van der Waals surface area contributed by atoms with E-state index in [1.807, 2.05) is 26.0 Å². The standard InChI is InChI=1S/C16H18N2O3/c1-10-5-6-13(11(2)8-10)18-15(14-4-3-7-21-14)12(9-17-18)16(19)20/h5-6,8-9,14H,3-4,7H2,1-2H3,(H,19,20). The van der Waals surface area contributed by atoms with Crippen molar-refractivity contribution in [3.05, 3.63) is 46.8 Å². The zero-order valence-corrected chi connectivity index (χ0v) is 12.2. The van der Waals surface area contributed by atoms with Crippen LogP contribution >= 0.6 is 0 Å². The quantitative estimate of drug-likeness (QED) is 0.942. The number of carbonyl (C=O) groups is 1. The highest BCUT2D eigenvalue weighted by atomic mass is 16.5. The van der Waals surface area contributed by atoms with Crippen molar-refractivity contribution in [2.24, 2.45) is 0 Å². The molecule has 0 radical (unpaired) electrons. The van der Waals surface area contributed by atoms with Gasteiger partial charge < -0.3 is 9.84 Å². The van der Waals surface area contributed by atoms with Crippen LogP contribution in [0.15, 0.2) is 24.4 Å². The maximum atomic E-state index is 11.5. The molecule has 1 fully saturated rings. The lowest BCUT2D eigenvalue weighted by Crippen LogP contribution is -2.12. The average Bonchev–Trinajstić information content (AvgIpc) is 3.06. The molecule has 0 saturated carbocycles. The Labute approximate surface area is 123 Å². The number of carboxylic acid groups (broad SMARTS) is 1. The van der Waals surface area contributed by atoms with Crippen molar-refractivity contribution >= 4 is 5.97 Å². The van der Waals surface area contributed by atoms with E-state index in [4.69, 9.17) is 4.74 Å². The fourth-order valence-electron chi connectivity index (χ4n) is 2.86. The zero-order chi connectivity index (χ0) is 15.0. The van der Waals surface area contributed by atoms with Crippen LogP contribution in [0.4, 0.5) is 0 Å². The van der Waals surface area contributed by atoms with E-state index in [-0.39, 0.29) is 11.7 Å². The maximum absolute atomic E-state index is 11.5. The van der Waals surface area contributed by atoms with Crippen molar-refractivity contribution in [1.82, 2.24) is 9.78 Å². The number of nitrogens with zero attached hydrogens (tertiary/aromatic N) is 2. The van der Waals surface area contributed by atoms with Gasteiger partial charge in [0, 0.05) is 6.61 Å². The molecule has 1 saturated heterocycles. The van der Waals surface area contributed by atoms with Crippen LogP contribution in [0, 0.1) is 13.8 Å². The van der Waals surface area contributed by atoms with Gasteiger partial charge in [0.2, 0.25) is 0 Å². The molecule has 1 aliphatic heterocycles. The van der Waals surface area contributed by atoms with Crippen molar-refractivity contribution in [2.75, 3.05) is 6.61 Å². The molecular weight excluding hydrogens is 268 g/mol. The predicted molar refractivity (Wildman–Crippen MR) is 77.9 cm³/mol. The van der Waals surface area contributed by atoms with E-state index in [2.05, 4.69) is 11.2 Å². The summed E-state index contributed by atoms with van der Waals surface area (Å²) in [6.45, 7) is 4.70. The first kappa shape index (κ1) is 13.8. The third-order valence-electron chi connectivity index (χ3n) is 3.85. The van der Waals surface area contributed by atoms with Crippen LogP contribution in [0.25, 0.3) is 5.69 Å². The van der Waals surface area contributed by atoms with E-state index in [0.717, 1.165) is 24.1 Å². The summed E-state index contributed by atoms with van der Waals surface area (Å²) < 4.78 is 7.41. The van der Waals surface area contributed by atoms with Crippen molar-refractivity contribution in [1.29, 1.82) is 0 Å². The molecule has 5 nitrogen and oxygen atoms in total. The second-order valence-corrected chi connectivity index (χ2v) is 5.45. The van der Waals surface area contributed by atoms with E-state index in [0.29, 0.717) is 12.3 Å². The number of aryl methyl sites for hydroxylation is 2. The Kier molecular flexibility index (Phi) is 3.51. The molecular formula is C16H18N2O3. The molecule has 0 bridgehead atoms. The third-order valence-corrected chi connectivity index (χ3v) is 3.85. The minimum absolute atomic E-state index is 0.195. The van der Waals surface area contributed by atoms with Gasteiger partial charge in [0.25, 0.3) is 0 Å². The Morgan fingerprint density at radius 3 is 2.86 bits per heavy atom. The molecule has 1 aromatic heterocycles. The number of carboxylic acids is 1. The fourth-order valence-corrected chi connectivity index (χ4v) is 2.86. The molecule has 1 unspecified atom stereocenters. The number of hydrogen-bond donors (Lipinski definition) is 1. The number of ether oxygens (including phenoxy) is 1. The van der Waals surface area contributed by atoms with E-state index in [9.17, 15) is 9.90 Å². The molecule has 0 amide bonds. The van der Waals surface area contributed by atoms with Gasteiger partial charge in [-0.3, -0.25) is 0 Å². The van der Waals surface area contributed by atoms with Crippen LogP contribution in [0.5, 0.6) is 0 Å². The van der Waals surface area contributed by atoms with Crippen LogP contribution in [-0.2, 0) is 4.74 Å². The molecule has 2 aromatic rings. The molecule has 5 heteroatoms. The Morgan fingerprint density at radius 1 is 1.43 bits per heavy atom. The number of aromatic nitrogens is 2. The van der Waals surface area contributed by atoms with Gasteiger partial charge in [0.05, 0.1) is 17.6 Å². The number of aromatic carboxylic acids is 1. The summed E-state index contributed by atoms with van der Waals surface area (Å²) in [6, 6.07) is 6.04. The highest BCUT2D eigenvalue weighted by molar-refractivity contribution is 5.89. The lowest BCUT2D eigenvalue weighted by molar-refractivity contribution is 0.0679. The van der Waals surface area contributed by atoms with Crippen molar-refractivity contribution < 1.29 is 14.6 Å². The Balaban J connectivity index is 2.15. The first-order chi connectivity index (χ1) is 10.1. The summed E-state index contributed by atoms with van der Waals surface area (Å²) >= 11 is 0. The summed E-state index contributed by atoms with van der Waals surface area (Å²) in [4.78, 5) is 11.5. The van der Waals surface area contributed by atoms with Gasteiger partial charge >= 0.3 is 5.97 Å². The van der Waals surface area contributed by atoms with Gasteiger partial charge in [-0.05, 0) is 38.3 Å². The monoisotopic (exact) mass is 286 g/mol. The van der Waals surface area contributed by atoms with Crippen LogP contribution in [-0.4, -0.2) is 27.5 Å². The minimum Gasteiger partial charge on any atom is -0.478 e. The SMILES string of the molecule is Cc1ccc(-n2ncc(C(=O)O)c2C2CCCO2)c(C)c1. The third kappa shape index (κ3) is 2.45. The van der Waals surface area contributed by atoms with Gasteiger partial charge in [-0.1, -0.05) is 17.7 Å². The van der Waals surface area contributed by atoms with Crippen LogP contribution in [0.1, 0.15) is 46.1 Å². The molecule has 0 aliphatic carbocycles. The predicted octanol–water partition coefficient (Wildman–Crippen LogP) is 3.04. The summed E-state index contributed by atoms with van der Waals surface area (Å²) in [5.74, 6) is -0.962. The summed E-state index contributed by atoms with van der Waals surface area (Å²) in [7, 11) is 0. The van der Waals surface area contributed by atoms with Gasteiger partial charge in [-0.15, -0.1) is 0 Å². The zero-order valence-electron chi connectivity index (χ0n) is 12.2. The highest BCUT2D eigenvalue weighted by Crippen LogP contribution is 2.33. The van der Waals surface area contributed by atoms with Gasteiger partial charge in [0.1, 0.15) is 11.7 Å². The van der Waals surface area contributed by atoms with E-state index < -0.39 is 5.97 Å². The second-order valence-electron chi connectivity index (χ2n) is 5.45. The van der Waals surface area contributed by atoms with Gasteiger partial charge in [-0.2, -0.15) is 5.10 Å². The average molecular weight is 286 g/mol. The van der Waals surface area contributed by atoms with Crippen molar-refractivity contribution in [2.45, 2.75) is 32.8 Å². The largest absolute Gasteiger partial charge is 0.478 e. The van der Waals surface area contributed by atoms with Crippen LogP contribution in [0.3, 0.4) is 0 Å². The summed E-state index contributed by atoms with van der Waals surface area (Å²) in [6.07, 6.45) is 3.00. The molecule has 2 heterocycles. The second kappa shape index (κ2) is 5.33. The van der Waals surface area contributed by atoms with E-state index in [1.165, 1.54) is 11.8 Å². The molecule has 1 N–H and O–H groups in total. The Morgan fingerprint density at radius 2 is 2.24 bits per heavy atom. The van der Waals surface area contributed by atoms with Gasteiger partial charge in [0.15, 0.2) is 0 Å². The summed E-state index contributed by atoms with van der Waals surface area (Å²) in [5.41, 5.74) is 4.00. The topological polar surface area (TPSA) is 64.4 Å². The normalized spacial score (nSPS) is 18.1. The molecule has 1 atom stereocenters. The summed E-state index contributed by atoms with van der Waals surface area (Å²) in [5, 5.41) is 13.7. The fraction of sp³-hybridized carbons (Fsp3) is 0.375. The highest BCUT2D eigenvalue weighted by Gasteiger charge is 2.29. The van der Waals surface area contributed by atoms with Crippen molar-refractivity contribution in [3.63, 3.8) is 0 Å². The molecule has 110 valence electrons. The first-order valence-corrected chi connectivity index (χ1v) is 7.08. The Hall–Kier alpha value is -2.14. The maximum Gasteiger partial charge on any atom is 0.339 e. The van der Waals surface area contributed by atoms with E-state index in [1.54, 1.807) is 4.68 Å². The lowest BCUT2D eigenvalue weighted by atomic mass is 10.1. The Bertz CT molecular complexity index is 685. The number of hydrogen-bond acceptors (Lipinski definition) is 3. The van der Waals surface area contributed by atoms with Crippen LogP contribution < -0.4 is 0 Å². The van der Waals surface area contributed by atoms with Crippen LogP contribution in [0.2, 0.25) is 0 Å². The molecule has 1 aliphatic rings.